The van der Waals surface area contributed by atoms with Crippen LogP contribution in [0.1, 0.15) is 49.3 Å². The number of hydrogen-bond donors (Lipinski definition) is 1. The maximum atomic E-state index is 9.93. The molecule has 2 heterocycles. The third-order valence-corrected chi connectivity index (χ3v) is 4.89. The third-order valence-electron chi connectivity index (χ3n) is 4.89. The highest BCUT2D eigenvalue weighted by atomic mass is 16.3. The van der Waals surface area contributed by atoms with Crippen LogP contribution >= 0.6 is 0 Å². The molecule has 1 saturated heterocycles. The summed E-state index contributed by atoms with van der Waals surface area (Å²) in [6.07, 6.45) is 6.28. The topological polar surface area (TPSA) is 49.2 Å². The molecule has 1 unspecified atom stereocenters. The Morgan fingerprint density at radius 3 is 2.62 bits per heavy atom. The predicted molar refractivity (Wildman–Crippen MR) is 82.9 cm³/mol. The van der Waals surface area contributed by atoms with Gasteiger partial charge in [-0.15, -0.1) is 0 Å². The summed E-state index contributed by atoms with van der Waals surface area (Å²) in [5, 5.41) is 9.93. The zero-order valence-electron chi connectivity index (χ0n) is 13.3. The zero-order chi connectivity index (χ0) is 14.9. The van der Waals surface area contributed by atoms with Crippen LogP contribution in [0.25, 0.3) is 0 Å². The average Bonchev–Trinajstić information content (AvgIpc) is 3.21. The van der Waals surface area contributed by atoms with Crippen LogP contribution in [0, 0.1) is 25.2 Å². The quantitative estimate of drug-likeness (QED) is 0.904. The Bertz CT molecular complexity index is 481. The fourth-order valence-corrected chi connectivity index (χ4v) is 3.81. The molecule has 2 fully saturated rings. The van der Waals surface area contributed by atoms with Gasteiger partial charge in [0.25, 0.3) is 0 Å². The van der Waals surface area contributed by atoms with Crippen molar-refractivity contribution in [1.29, 1.82) is 0 Å². The van der Waals surface area contributed by atoms with E-state index in [4.69, 9.17) is 0 Å². The number of piperidine rings is 1. The summed E-state index contributed by atoms with van der Waals surface area (Å²) in [5.74, 6) is 1.79. The highest BCUT2D eigenvalue weighted by Crippen LogP contribution is 2.44. The monoisotopic (exact) mass is 289 g/mol. The summed E-state index contributed by atoms with van der Waals surface area (Å²) in [5.41, 5.74) is 2.21. The second-order valence-corrected chi connectivity index (χ2v) is 7.19. The minimum absolute atomic E-state index is 0.123. The number of hydrogen-bond acceptors (Lipinski definition) is 4. The van der Waals surface area contributed by atoms with Crippen LogP contribution in [0.4, 0.5) is 0 Å². The minimum Gasteiger partial charge on any atom is -0.396 e. The van der Waals surface area contributed by atoms with E-state index < -0.39 is 0 Å². The van der Waals surface area contributed by atoms with Crippen molar-refractivity contribution in [1.82, 2.24) is 14.9 Å². The Balaban J connectivity index is 1.67. The van der Waals surface area contributed by atoms with Gasteiger partial charge >= 0.3 is 0 Å². The fraction of sp³-hybridized carbons (Fsp3) is 0.765. The van der Waals surface area contributed by atoms with Gasteiger partial charge in [0.15, 0.2) is 0 Å². The van der Waals surface area contributed by atoms with E-state index in [9.17, 15) is 5.11 Å². The van der Waals surface area contributed by atoms with Gasteiger partial charge in [-0.05, 0) is 51.6 Å². The fourth-order valence-electron chi connectivity index (χ4n) is 3.81. The van der Waals surface area contributed by atoms with Crippen molar-refractivity contribution in [3.8, 4) is 0 Å². The Labute approximate surface area is 127 Å². The van der Waals surface area contributed by atoms with E-state index in [2.05, 4.69) is 14.9 Å². The average molecular weight is 289 g/mol. The van der Waals surface area contributed by atoms with E-state index >= 15 is 0 Å². The van der Waals surface area contributed by atoms with Crippen molar-refractivity contribution in [2.24, 2.45) is 11.3 Å². The van der Waals surface area contributed by atoms with Gasteiger partial charge in [0.1, 0.15) is 5.82 Å². The first-order valence-corrected chi connectivity index (χ1v) is 8.23. The summed E-state index contributed by atoms with van der Waals surface area (Å²) in [6.45, 7) is 7.29. The van der Waals surface area contributed by atoms with E-state index in [1.54, 1.807) is 0 Å². The smallest absolute Gasteiger partial charge is 0.142 e. The Kier molecular flexibility index (Phi) is 4.27. The molecule has 1 aromatic rings. The zero-order valence-corrected chi connectivity index (χ0v) is 13.3. The van der Waals surface area contributed by atoms with Crippen LogP contribution in [0.2, 0.25) is 0 Å². The first-order valence-electron chi connectivity index (χ1n) is 8.23. The molecule has 0 spiro atoms. The van der Waals surface area contributed by atoms with Gasteiger partial charge in [-0.3, -0.25) is 4.90 Å². The molecule has 21 heavy (non-hydrogen) atoms. The molecule has 1 saturated carbocycles. The third kappa shape index (κ3) is 3.80. The Morgan fingerprint density at radius 1 is 1.29 bits per heavy atom. The molecule has 0 bridgehead atoms. The minimum atomic E-state index is 0.123. The largest absolute Gasteiger partial charge is 0.396 e. The molecule has 116 valence electrons. The standard InChI is InChI=1S/C17H27N3O/c1-13-8-14(2)19-16(18-13)10-20-7-3-6-17(11-20,12-21)9-15-4-5-15/h8,15,21H,3-7,9-12H2,1-2H3. The van der Waals surface area contributed by atoms with Crippen molar-refractivity contribution in [2.75, 3.05) is 19.7 Å². The SMILES string of the molecule is Cc1cc(C)nc(CN2CCCC(CO)(CC3CC3)C2)n1. The summed E-state index contributed by atoms with van der Waals surface area (Å²) in [6, 6.07) is 2.02. The van der Waals surface area contributed by atoms with Gasteiger partial charge in [-0.25, -0.2) is 9.97 Å². The van der Waals surface area contributed by atoms with Gasteiger partial charge in [0.2, 0.25) is 0 Å². The number of aryl methyl sites for hydroxylation is 2. The first kappa shape index (κ1) is 14.9. The summed E-state index contributed by atoms with van der Waals surface area (Å²) < 4.78 is 0. The summed E-state index contributed by atoms with van der Waals surface area (Å²) >= 11 is 0. The lowest BCUT2D eigenvalue weighted by molar-refractivity contribution is 0.0170. The van der Waals surface area contributed by atoms with Gasteiger partial charge in [-0.2, -0.15) is 0 Å². The molecule has 2 aliphatic rings. The predicted octanol–water partition coefficient (Wildman–Crippen LogP) is 2.47. The van der Waals surface area contributed by atoms with Crippen molar-refractivity contribution < 1.29 is 5.11 Å². The number of nitrogens with zero attached hydrogens (tertiary/aromatic N) is 3. The molecule has 4 heteroatoms. The van der Waals surface area contributed by atoms with Crippen molar-refractivity contribution in [2.45, 2.75) is 52.5 Å². The van der Waals surface area contributed by atoms with Gasteiger partial charge in [0.05, 0.1) is 6.54 Å². The Morgan fingerprint density at radius 2 is 2.00 bits per heavy atom. The number of aliphatic hydroxyl groups is 1. The normalized spacial score (nSPS) is 27.0. The molecule has 1 aliphatic heterocycles. The highest BCUT2D eigenvalue weighted by Gasteiger charge is 2.39. The number of likely N-dealkylation sites (tertiary alicyclic amines) is 1. The number of rotatable bonds is 5. The molecular formula is C17H27N3O. The van der Waals surface area contributed by atoms with Gasteiger partial charge in [-0.1, -0.05) is 12.8 Å². The van der Waals surface area contributed by atoms with Crippen LogP contribution in [0.5, 0.6) is 0 Å². The first-order chi connectivity index (χ1) is 10.1. The molecular weight excluding hydrogens is 262 g/mol. The van der Waals surface area contributed by atoms with E-state index in [-0.39, 0.29) is 5.41 Å². The van der Waals surface area contributed by atoms with Crippen molar-refractivity contribution >= 4 is 0 Å². The maximum Gasteiger partial charge on any atom is 0.142 e. The second-order valence-electron chi connectivity index (χ2n) is 7.19. The van der Waals surface area contributed by atoms with E-state index in [1.165, 1.54) is 32.1 Å². The molecule has 1 atom stereocenters. The molecule has 0 amide bonds. The molecule has 0 radical (unpaired) electrons. The van der Waals surface area contributed by atoms with Crippen LogP contribution < -0.4 is 0 Å². The van der Waals surface area contributed by atoms with Crippen LogP contribution in [0.15, 0.2) is 6.07 Å². The molecule has 1 N–H and O–H groups in total. The molecule has 1 aromatic heterocycles. The van der Waals surface area contributed by atoms with Crippen LogP contribution in [-0.2, 0) is 6.54 Å². The summed E-state index contributed by atoms with van der Waals surface area (Å²) in [7, 11) is 0. The maximum absolute atomic E-state index is 9.93. The van der Waals surface area contributed by atoms with E-state index in [0.717, 1.165) is 42.8 Å². The molecule has 3 rings (SSSR count). The molecule has 0 aromatic carbocycles. The van der Waals surface area contributed by atoms with E-state index in [0.29, 0.717) is 6.61 Å². The van der Waals surface area contributed by atoms with Crippen LogP contribution in [0.3, 0.4) is 0 Å². The summed E-state index contributed by atoms with van der Waals surface area (Å²) in [4.78, 5) is 11.6. The van der Waals surface area contributed by atoms with Gasteiger partial charge < -0.3 is 5.11 Å². The second kappa shape index (κ2) is 6.01. The lowest BCUT2D eigenvalue weighted by Crippen LogP contribution is -2.45. The van der Waals surface area contributed by atoms with Crippen molar-refractivity contribution in [3.05, 3.63) is 23.3 Å². The van der Waals surface area contributed by atoms with Gasteiger partial charge in [0, 0.05) is 30.0 Å². The molecule has 1 aliphatic carbocycles. The number of aliphatic hydroxyl groups excluding tert-OH is 1. The van der Waals surface area contributed by atoms with Crippen LogP contribution in [-0.4, -0.2) is 39.7 Å². The van der Waals surface area contributed by atoms with E-state index in [1.807, 2.05) is 19.9 Å². The highest BCUT2D eigenvalue weighted by molar-refractivity contribution is 5.08. The molecule has 4 nitrogen and oxygen atoms in total. The number of aromatic nitrogens is 2. The van der Waals surface area contributed by atoms with Crippen molar-refractivity contribution in [3.63, 3.8) is 0 Å². The lowest BCUT2D eigenvalue weighted by atomic mass is 9.76. The Hall–Kier alpha value is -1.00. The lowest BCUT2D eigenvalue weighted by Gasteiger charge is -2.42.